The summed E-state index contributed by atoms with van der Waals surface area (Å²) in [5, 5.41) is 3.51. The molecule has 0 aliphatic heterocycles. The maximum atomic E-state index is 12.5. The summed E-state index contributed by atoms with van der Waals surface area (Å²) in [6.07, 6.45) is 5.16. The van der Waals surface area contributed by atoms with Gasteiger partial charge in [-0.25, -0.2) is 0 Å². The lowest BCUT2D eigenvalue weighted by Gasteiger charge is -2.43. The van der Waals surface area contributed by atoms with Gasteiger partial charge in [0.05, 0.1) is 6.61 Å². The summed E-state index contributed by atoms with van der Waals surface area (Å²) in [7, 11) is 2.17. The van der Waals surface area contributed by atoms with Crippen LogP contribution in [0.15, 0.2) is 0 Å². The van der Waals surface area contributed by atoms with Crippen molar-refractivity contribution < 1.29 is 9.53 Å². The standard InChI is InChI=1S/C16H32N2O2/c1-6-11-18(5)14-9-8-10-16(12-14,17-13(3)4)15(19)20-7-2/h13-14,17H,6-12H2,1-5H3. The number of hydrogen-bond acceptors (Lipinski definition) is 4. The number of nitrogens with zero attached hydrogens (tertiary/aromatic N) is 1. The molecule has 0 aromatic carbocycles. The van der Waals surface area contributed by atoms with Gasteiger partial charge in [-0.15, -0.1) is 0 Å². The first kappa shape index (κ1) is 17.4. The topological polar surface area (TPSA) is 41.6 Å². The van der Waals surface area contributed by atoms with Crippen LogP contribution in [0, 0.1) is 0 Å². The van der Waals surface area contributed by atoms with Gasteiger partial charge in [0, 0.05) is 12.1 Å². The van der Waals surface area contributed by atoms with E-state index in [1.54, 1.807) is 0 Å². The molecule has 0 amide bonds. The molecule has 4 heteroatoms. The number of carbonyl (C=O) groups excluding carboxylic acids is 1. The third-order valence-electron chi connectivity index (χ3n) is 4.16. The van der Waals surface area contributed by atoms with Gasteiger partial charge in [0.1, 0.15) is 5.54 Å². The minimum atomic E-state index is -0.491. The highest BCUT2D eigenvalue weighted by atomic mass is 16.5. The van der Waals surface area contributed by atoms with Crippen LogP contribution in [-0.2, 0) is 9.53 Å². The smallest absolute Gasteiger partial charge is 0.326 e. The first-order chi connectivity index (χ1) is 9.45. The summed E-state index contributed by atoms with van der Waals surface area (Å²) in [4.78, 5) is 14.9. The van der Waals surface area contributed by atoms with E-state index in [0.29, 0.717) is 12.6 Å². The summed E-state index contributed by atoms with van der Waals surface area (Å²) in [6.45, 7) is 9.82. The molecule has 1 aliphatic carbocycles. The highest BCUT2D eigenvalue weighted by Gasteiger charge is 2.45. The van der Waals surface area contributed by atoms with Gasteiger partial charge in [-0.05, 0) is 66.5 Å². The van der Waals surface area contributed by atoms with Crippen LogP contribution in [0.3, 0.4) is 0 Å². The Morgan fingerprint density at radius 1 is 1.45 bits per heavy atom. The van der Waals surface area contributed by atoms with E-state index in [-0.39, 0.29) is 12.0 Å². The minimum absolute atomic E-state index is 0.0664. The molecule has 0 aromatic rings. The molecule has 0 saturated heterocycles. The Morgan fingerprint density at radius 3 is 2.70 bits per heavy atom. The third kappa shape index (κ3) is 4.45. The van der Waals surface area contributed by atoms with E-state index in [0.717, 1.165) is 32.2 Å². The molecule has 0 heterocycles. The van der Waals surface area contributed by atoms with Gasteiger partial charge in [-0.1, -0.05) is 6.92 Å². The number of carbonyl (C=O) groups is 1. The van der Waals surface area contributed by atoms with Crippen molar-refractivity contribution in [2.24, 2.45) is 0 Å². The zero-order valence-electron chi connectivity index (χ0n) is 13.9. The predicted octanol–water partition coefficient (Wildman–Crippen LogP) is 2.57. The van der Waals surface area contributed by atoms with E-state index in [1.165, 1.54) is 6.42 Å². The van der Waals surface area contributed by atoms with Gasteiger partial charge in [0.2, 0.25) is 0 Å². The second kappa shape index (κ2) is 7.99. The second-order valence-electron chi connectivity index (χ2n) is 6.33. The molecule has 4 nitrogen and oxygen atoms in total. The molecule has 1 N–H and O–H groups in total. The zero-order chi connectivity index (χ0) is 15.2. The Bertz CT molecular complexity index is 307. The summed E-state index contributed by atoms with van der Waals surface area (Å²) >= 11 is 0. The summed E-state index contributed by atoms with van der Waals surface area (Å²) in [6, 6.07) is 0.758. The molecular formula is C16H32N2O2. The Labute approximate surface area is 124 Å². The van der Waals surface area contributed by atoms with E-state index >= 15 is 0 Å². The zero-order valence-corrected chi connectivity index (χ0v) is 13.9. The summed E-state index contributed by atoms with van der Waals surface area (Å²) in [5.41, 5.74) is -0.491. The van der Waals surface area contributed by atoms with Crippen molar-refractivity contribution in [2.75, 3.05) is 20.2 Å². The van der Waals surface area contributed by atoms with Crippen LogP contribution in [0.25, 0.3) is 0 Å². The van der Waals surface area contributed by atoms with Crippen LogP contribution in [0.4, 0.5) is 0 Å². The lowest BCUT2D eigenvalue weighted by Crippen LogP contribution is -2.60. The number of hydrogen-bond donors (Lipinski definition) is 1. The molecule has 2 unspecified atom stereocenters. The van der Waals surface area contributed by atoms with Crippen LogP contribution in [-0.4, -0.2) is 48.7 Å². The van der Waals surface area contributed by atoms with E-state index in [4.69, 9.17) is 4.74 Å². The van der Waals surface area contributed by atoms with Crippen LogP contribution >= 0.6 is 0 Å². The maximum absolute atomic E-state index is 12.5. The van der Waals surface area contributed by atoms with Crippen LogP contribution < -0.4 is 5.32 Å². The van der Waals surface area contributed by atoms with E-state index in [2.05, 4.69) is 38.0 Å². The van der Waals surface area contributed by atoms with Crippen LogP contribution in [0.2, 0.25) is 0 Å². The van der Waals surface area contributed by atoms with Crippen molar-refractivity contribution in [1.29, 1.82) is 0 Å². The molecule has 20 heavy (non-hydrogen) atoms. The molecule has 0 spiro atoms. The van der Waals surface area contributed by atoms with Crippen molar-refractivity contribution in [3.8, 4) is 0 Å². The van der Waals surface area contributed by atoms with Gasteiger partial charge in [-0.2, -0.15) is 0 Å². The number of esters is 1. The maximum Gasteiger partial charge on any atom is 0.326 e. The molecule has 1 aliphatic rings. The largest absolute Gasteiger partial charge is 0.465 e. The number of rotatable bonds is 7. The molecule has 0 aromatic heterocycles. The molecule has 118 valence electrons. The molecule has 0 radical (unpaired) electrons. The molecule has 1 fully saturated rings. The van der Waals surface area contributed by atoms with Crippen molar-refractivity contribution >= 4 is 5.97 Å². The number of ether oxygens (including phenoxy) is 1. The highest BCUT2D eigenvalue weighted by Crippen LogP contribution is 2.32. The Hall–Kier alpha value is -0.610. The van der Waals surface area contributed by atoms with E-state index in [9.17, 15) is 4.79 Å². The van der Waals surface area contributed by atoms with Crippen molar-refractivity contribution in [1.82, 2.24) is 10.2 Å². The van der Waals surface area contributed by atoms with Gasteiger partial charge in [0.15, 0.2) is 0 Å². The average molecular weight is 284 g/mol. The van der Waals surface area contributed by atoms with E-state index in [1.807, 2.05) is 6.92 Å². The lowest BCUT2D eigenvalue weighted by molar-refractivity contribution is -0.154. The summed E-state index contributed by atoms with van der Waals surface area (Å²) < 4.78 is 5.35. The van der Waals surface area contributed by atoms with Crippen LogP contribution in [0.5, 0.6) is 0 Å². The first-order valence-electron chi connectivity index (χ1n) is 8.10. The van der Waals surface area contributed by atoms with E-state index < -0.39 is 5.54 Å². The van der Waals surface area contributed by atoms with Gasteiger partial charge in [-0.3, -0.25) is 10.1 Å². The Balaban J connectivity index is 2.84. The molecular weight excluding hydrogens is 252 g/mol. The van der Waals surface area contributed by atoms with Gasteiger partial charge < -0.3 is 9.64 Å². The third-order valence-corrected chi connectivity index (χ3v) is 4.16. The lowest BCUT2D eigenvalue weighted by atomic mass is 9.78. The first-order valence-corrected chi connectivity index (χ1v) is 8.10. The normalized spacial score (nSPS) is 27.1. The fourth-order valence-corrected chi connectivity index (χ4v) is 3.35. The molecule has 1 rings (SSSR count). The fourth-order valence-electron chi connectivity index (χ4n) is 3.35. The quantitative estimate of drug-likeness (QED) is 0.730. The molecule has 1 saturated carbocycles. The fraction of sp³-hybridized carbons (Fsp3) is 0.938. The average Bonchev–Trinajstić information content (AvgIpc) is 2.38. The van der Waals surface area contributed by atoms with Crippen molar-refractivity contribution in [3.05, 3.63) is 0 Å². The molecule has 2 atom stereocenters. The van der Waals surface area contributed by atoms with Crippen molar-refractivity contribution in [3.63, 3.8) is 0 Å². The monoisotopic (exact) mass is 284 g/mol. The second-order valence-corrected chi connectivity index (χ2v) is 6.33. The van der Waals surface area contributed by atoms with Crippen LogP contribution in [0.1, 0.15) is 59.8 Å². The highest BCUT2D eigenvalue weighted by molar-refractivity contribution is 5.81. The van der Waals surface area contributed by atoms with Crippen molar-refractivity contribution in [2.45, 2.75) is 77.4 Å². The molecule has 0 bridgehead atoms. The Kier molecular flexibility index (Phi) is 6.96. The SMILES string of the molecule is CCCN(C)C1CCCC(NC(C)C)(C(=O)OCC)C1. The predicted molar refractivity (Wildman–Crippen MR) is 82.8 cm³/mol. The Morgan fingerprint density at radius 2 is 2.15 bits per heavy atom. The minimum Gasteiger partial charge on any atom is -0.465 e. The number of nitrogens with one attached hydrogen (secondary N) is 1. The van der Waals surface area contributed by atoms with Gasteiger partial charge >= 0.3 is 5.97 Å². The summed E-state index contributed by atoms with van der Waals surface area (Å²) in [5.74, 6) is -0.0664. The van der Waals surface area contributed by atoms with Gasteiger partial charge in [0.25, 0.3) is 0 Å².